The zero-order chi connectivity index (χ0) is 32.0. The Bertz CT molecular complexity index is 1750. The van der Waals surface area contributed by atoms with E-state index in [0.29, 0.717) is 17.8 Å². The van der Waals surface area contributed by atoms with Gasteiger partial charge in [0.25, 0.3) is 5.56 Å². The van der Waals surface area contributed by atoms with Gasteiger partial charge in [-0.05, 0) is 80.1 Å². The number of aryl methyl sites for hydroxylation is 1. The molecule has 0 aliphatic heterocycles. The topological polar surface area (TPSA) is 88.0 Å². The largest absolute Gasteiger partial charge is 0.323 e. The smallest absolute Gasteiger partial charge is 0.307 e. The van der Waals surface area contributed by atoms with Gasteiger partial charge in [-0.15, -0.1) is 0 Å². The van der Waals surface area contributed by atoms with Gasteiger partial charge < -0.3 is 16.0 Å². The normalized spacial score (nSPS) is 11.5. The van der Waals surface area contributed by atoms with Crippen molar-refractivity contribution in [1.82, 2.24) is 14.9 Å². The first kappa shape index (κ1) is 32.5. The summed E-state index contributed by atoms with van der Waals surface area (Å²) in [5.74, 6) is 6.94. The van der Waals surface area contributed by atoms with Crippen LogP contribution in [0.15, 0.2) is 65.6 Å². The Balaban J connectivity index is 1.91. The molecule has 2 aromatic carbocycles. The summed E-state index contributed by atoms with van der Waals surface area (Å²) in [6.45, 7) is 15.0. The lowest BCUT2D eigenvalue weighted by Crippen LogP contribution is -2.34. The van der Waals surface area contributed by atoms with E-state index < -0.39 is 6.03 Å². The lowest BCUT2D eigenvalue weighted by Gasteiger charge is -2.22. The Morgan fingerprint density at radius 3 is 2.25 bits per heavy atom. The number of fused-ring (bicyclic) bond motifs is 1. The van der Waals surface area contributed by atoms with E-state index in [0.717, 1.165) is 46.2 Å². The number of nitrogens with zero attached hydrogens (tertiary/aromatic N) is 2. The van der Waals surface area contributed by atoms with Crippen LogP contribution in [-0.4, -0.2) is 28.2 Å². The lowest BCUT2D eigenvalue weighted by molar-refractivity contribution is 0.262. The van der Waals surface area contributed by atoms with Crippen LogP contribution in [0, 0.1) is 11.8 Å². The third kappa shape index (κ3) is 7.20. The molecular formula is C37H45N5O2. The highest BCUT2D eigenvalue weighted by molar-refractivity contribution is 6.07. The van der Waals surface area contributed by atoms with Gasteiger partial charge in [0.05, 0.1) is 5.54 Å². The van der Waals surface area contributed by atoms with Crippen LogP contribution in [0.25, 0.3) is 22.2 Å². The number of nitrogens with one attached hydrogen (secondary N) is 3. The summed E-state index contributed by atoms with van der Waals surface area (Å²) in [4.78, 5) is 32.7. The van der Waals surface area contributed by atoms with Gasteiger partial charge in [0.1, 0.15) is 11.3 Å². The standard InChI is InChI=1S/C37H45N5O2/c1-9-10-22-42-34-30(18-13-21-39-34)31(27-15-11-14-26(23-27)19-20-37(6,7)38-8)33(35(42)43)41-36(44)40-32-28(24(2)3)16-12-17-29(32)25(4)5/h11-18,21,23-25,38H,9-10,22H2,1-8H3,(H2,40,41,44). The lowest BCUT2D eigenvalue weighted by atomic mass is 9.93. The van der Waals surface area contributed by atoms with Crippen molar-refractivity contribution < 1.29 is 4.79 Å². The van der Waals surface area contributed by atoms with Gasteiger partial charge in [0, 0.05) is 34.9 Å². The molecule has 7 nitrogen and oxygen atoms in total. The molecule has 44 heavy (non-hydrogen) atoms. The average molecular weight is 592 g/mol. The molecule has 0 aliphatic rings. The second-order valence-corrected chi connectivity index (χ2v) is 12.3. The summed E-state index contributed by atoms with van der Waals surface area (Å²) in [6.07, 6.45) is 3.42. The van der Waals surface area contributed by atoms with Crippen LogP contribution in [-0.2, 0) is 6.54 Å². The Morgan fingerprint density at radius 2 is 1.61 bits per heavy atom. The van der Waals surface area contributed by atoms with Crippen LogP contribution in [0.1, 0.15) is 89.8 Å². The number of pyridine rings is 2. The number of urea groups is 1. The molecule has 0 aliphatic carbocycles. The van der Waals surface area contributed by atoms with Crippen LogP contribution in [0.3, 0.4) is 0 Å². The molecule has 7 heteroatoms. The SMILES string of the molecule is CCCCn1c(=O)c(NC(=O)Nc2c(C(C)C)cccc2C(C)C)c(-c2cccc(C#CC(C)(C)NC)c2)c2cccnc21. The van der Waals surface area contributed by atoms with E-state index in [-0.39, 0.29) is 28.6 Å². The highest BCUT2D eigenvalue weighted by Crippen LogP contribution is 2.35. The quantitative estimate of drug-likeness (QED) is 0.172. The van der Waals surface area contributed by atoms with Gasteiger partial charge >= 0.3 is 6.03 Å². The molecule has 0 fully saturated rings. The van der Waals surface area contributed by atoms with Gasteiger partial charge in [-0.1, -0.05) is 83.2 Å². The number of aromatic nitrogens is 2. The minimum absolute atomic E-state index is 0.203. The Morgan fingerprint density at radius 1 is 0.955 bits per heavy atom. The maximum absolute atomic E-state index is 14.2. The summed E-state index contributed by atoms with van der Waals surface area (Å²) in [6, 6.07) is 17.2. The molecule has 2 heterocycles. The first-order chi connectivity index (χ1) is 21.0. The predicted molar refractivity (Wildman–Crippen MR) is 184 cm³/mol. The average Bonchev–Trinajstić information content (AvgIpc) is 3.00. The molecular weight excluding hydrogens is 546 g/mol. The van der Waals surface area contributed by atoms with Gasteiger partial charge in [0.15, 0.2) is 0 Å². The number of para-hydroxylation sites is 1. The summed E-state index contributed by atoms with van der Waals surface area (Å²) in [7, 11) is 1.88. The van der Waals surface area contributed by atoms with Gasteiger partial charge in [-0.2, -0.15) is 0 Å². The van der Waals surface area contributed by atoms with E-state index >= 15 is 0 Å². The number of anilines is 2. The summed E-state index contributed by atoms with van der Waals surface area (Å²) < 4.78 is 1.68. The number of unbranched alkanes of at least 4 members (excludes halogenated alkanes) is 1. The molecule has 0 saturated carbocycles. The van der Waals surface area contributed by atoms with Crippen LogP contribution in [0.5, 0.6) is 0 Å². The van der Waals surface area contributed by atoms with Crippen molar-refractivity contribution in [3.05, 3.63) is 87.8 Å². The number of hydrogen-bond acceptors (Lipinski definition) is 4. The maximum atomic E-state index is 14.2. The molecule has 2 aromatic heterocycles. The molecule has 0 radical (unpaired) electrons. The number of benzene rings is 2. The monoisotopic (exact) mass is 591 g/mol. The molecule has 0 saturated heterocycles. The van der Waals surface area contributed by atoms with Crippen molar-refractivity contribution in [3.63, 3.8) is 0 Å². The molecule has 0 bridgehead atoms. The van der Waals surface area contributed by atoms with Crippen molar-refractivity contribution in [2.24, 2.45) is 0 Å². The number of carbonyl (C=O) groups is 1. The number of carbonyl (C=O) groups excluding carboxylic acids is 1. The molecule has 3 N–H and O–H groups in total. The van der Waals surface area contributed by atoms with E-state index in [4.69, 9.17) is 0 Å². The van der Waals surface area contributed by atoms with Crippen LogP contribution >= 0.6 is 0 Å². The first-order valence-electron chi connectivity index (χ1n) is 15.5. The highest BCUT2D eigenvalue weighted by atomic mass is 16.2. The van der Waals surface area contributed by atoms with Crippen molar-refractivity contribution in [3.8, 4) is 23.0 Å². The zero-order valence-corrected chi connectivity index (χ0v) is 27.3. The van der Waals surface area contributed by atoms with Crippen LogP contribution in [0.4, 0.5) is 16.2 Å². The fourth-order valence-electron chi connectivity index (χ4n) is 5.22. The highest BCUT2D eigenvalue weighted by Gasteiger charge is 2.22. The van der Waals surface area contributed by atoms with Gasteiger partial charge in [0.2, 0.25) is 0 Å². The third-order valence-electron chi connectivity index (χ3n) is 7.90. The van der Waals surface area contributed by atoms with Crippen molar-refractivity contribution >= 4 is 28.4 Å². The molecule has 0 spiro atoms. The van der Waals surface area contributed by atoms with Crippen LogP contribution < -0.4 is 21.5 Å². The second kappa shape index (κ2) is 13.9. The minimum atomic E-state index is -0.463. The fraction of sp³-hybridized carbons (Fsp3) is 0.378. The molecule has 230 valence electrons. The van der Waals surface area contributed by atoms with E-state index in [1.54, 1.807) is 10.8 Å². The van der Waals surface area contributed by atoms with E-state index in [1.807, 2.05) is 75.5 Å². The second-order valence-electron chi connectivity index (χ2n) is 12.3. The summed E-state index contributed by atoms with van der Waals surface area (Å²) >= 11 is 0. The minimum Gasteiger partial charge on any atom is -0.307 e. The van der Waals surface area contributed by atoms with Crippen molar-refractivity contribution in [1.29, 1.82) is 0 Å². The maximum Gasteiger partial charge on any atom is 0.323 e. The molecule has 0 atom stereocenters. The van der Waals surface area contributed by atoms with Crippen molar-refractivity contribution in [2.45, 2.75) is 85.2 Å². The van der Waals surface area contributed by atoms with E-state index in [9.17, 15) is 9.59 Å². The number of rotatable bonds is 9. The summed E-state index contributed by atoms with van der Waals surface area (Å²) in [5.41, 5.74) is 5.24. The summed E-state index contributed by atoms with van der Waals surface area (Å²) in [5, 5.41) is 10.1. The molecule has 0 unspecified atom stereocenters. The van der Waals surface area contributed by atoms with Gasteiger partial charge in [-0.3, -0.25) is 9.36 Å². The molecule has 4 aromatic rings. The third-order valence-corrected chi connectivity index (χ3v) is 7.90. The fourth-order valence-corrected chi connectivity index (χ4v) is 5.22. The Kier molecular flexibility index (Phi) is 10.3. The van der Waals surface area contributed by atoms with Crippen LogP contribution in [0.2, 0.25) is 0 Å². The zero-order valence-electron chi connectivity index (χ0n) is 27.3. The number of amides is 2. The Hall–Kier alpha value is -4.41. The van der Waals surface area contributed by atoms with E-state index in [1.165, 1.54) is 0 Å². The first-order valence-corrected chi connectivity index (χ1v) is 15.5. The molecule has 4 rings (SSSR count). The Labute approximate surface area is 261 Å². The predicted octanol–water partition coefficient (Wildman–Crippen LogP) is 8.10. The van der Waals surface area contributed by atoms with Gasteiger partial charge in [-0.25, -0.2) is 9.78 Å². The van der Waals surface area contributed by atoms with Crippen molar-refractivity contribution in [2.75, 3.05) is 17.7 Å². The number of hydrogen-bond donors (Lipinski definition) is 3. The molecule has 2 amide bonds. The van der Waals surface area contributed by atoms with E-state index in [2.05, 4.69) is 67.4 Å².